The molecule has 4 rings (SSSR count). The van der Waals surface area contributed by atoms with E-state index < -0.39 is 10.0 Å². The minimum absolute atomic E-state index is 0.0785. The van der Waals surface area contributed by atoms with Gasteiger partial charge >= 0.3 is 0 Å². The molecule has 0 aromatic heterocycles. The zero-order valence-electron chi connectivity index (χ0n) is 18.5. The minimum atomic E-state index is -3.53. The van der Waals surface area contributed by atoms with Crippen molar-refractivity contribution in [3.05, 3.63) is 29.3 Å². The second kappa shape index (κ2) is 9.54. The van der Waals surface area contributed by atoms with Crippen molar-refractivity contribution in [1.29, 1.82) is 0 Å². The highest BCUT2D eigenvalue weighted by molar-refractivity contribution is 7.89. The number of aryl methyl sites for hydroxylation is 2. The molecule has 3 aliphatic heterocycles. The number of ether oxygens (including phenoxy) is 2. The first kappa shape index (κ1) is 22.7. The highest BCUT2D eigenvalue weighted by Gasteiger charge is 2.33. The van der Waals surface area contributed by atoms with Crippen molar-refractivity contribution in [3.8, 4) is 0 Å². The van der Waals surface area contributed by atoms with Crippen LogP contribution in [0.15, 0.2) is 23.1 Å². The third-order valence-corrected chi connectivity index (χ3v) is 8.63. The quantitative estimate of drug-likeness (QED) is 0.670. The summed E-state index contributed by atoms with van der Waals surface area (Å²) in [4.78, 5) is 17.1. The van der Waals surface area contributed by atoms with Crippen molar-refractivity contribution >= 4 is 15.9 Å². The normalized spacial score (nSPS) is 22.8. The van der Waals surface area contributed by atoms with Gasteiger partial charge in [-0.25, -0.2) is 8.42 Å². The van der Waals surface area contributed by atoms with E-state index in [1.165, 1.54) is 4.31 Å². The summed E-state index contributed by atoms with van der Waals surface area (Å²) in [5.41, 5.74) is 2.03. The van der Waals surface area contributed by atoms with Crippen molar-refractivity contribution in [2.45, 2.75) is 37.9 Å². The van der Waals surface area contributed by atoms with Gasteiger partial charge in [-0.05, 0) is 63.0 Å². The average Bonchev–Trinajstić information content (AvgIpc) is 3.31. The summed E-state index contributed by atoms with van der Waals surface area (Å²) in [6.45, 7) is 8.88. The number of hydrogen-bond donors (Lipinski definition) is 0. The molecule has 0 bridgehead atoms. The lowest BCUT2D eigenvalue weighted by molar-refractivity contribution is -0.135. The van der Waals surface area contributed by atoms with Gasteiger partial charge in [0, 0.05) is 32.1 Å². The molecule has 3 fully saturated rings. The molecule has 0 aliphatic carbocycles. The number of nitrogens with zero attached hydrogens (tertiary/aromatic N) is 3. The van der Waals surface area contributed by atoms with Gasteiger partial charge in [0.05, 0.1) is 24.7 Å². The Bertz CT molecular complexity index is 884. The van der Waals surface area contributed by atoms with Gasteiger partial charge in [0.15, 0.2) is 6.29 Å². The number of amides is 1. The summed E-state index contributed by atoms with van der Waals surface area (Å²) in [5, 5.41) is 0. The Kier molecular flexibility index (Phi) is 6.98. The van der Waals surface area contributed by atoms with Crippen LogP contribution in [-0.2, 0) is 24.3 Å². The van der Waals surface area contributed by atoms with Gasteiger partial charge in [0.1, 0.15) is 0 Å². The average molecular weight is 452 g/mol. The van der Waals surface area contributed by atoms with Crippen LogP contribution in [0.4, 0.5) is 0 Å². The minimum Gasteiger partial charge on any atom is -0.350 e. The molecule has 0 unspecified atom stereocenters. The number of benzene rings is 1. The predicted octanol–water partition coefficient (Wildman–Crippen LogP) is 1.22. The summed E-state index contributed by atoms with van der Waals surface area (Å²) in [7, 11) is -3.53. The molecule has 3 saturated heterocycles. The van der Waals surface area contributed by atoms with Crippen LogP contribution in [0.5, 0.6) is 0 Å². The van der Waals surface area contributed by atoms with Crippen LogP contribution in [-0.4, -0.2) is 93.7 Å². The first-order chi connectivity index (χ1) is 14.8. The second-order valence-electron chi connectivity index (χ2n) is 8.75. The first-order valence-corrected chi connectivity index (χ1v) is 12.6. The maximum absolute atomic E-state index is 13.0. The maximum Gasteiger partial charge on any atom is 0.243 e. The molecule has 1 aromatic rings. The molecule has 31 heavy (non-hydrogen) atoms. The Labute approximate surface area is 185 Å². The number of rotatable bonds is 5. The number of carbonyl (C=O) groups excluding carboxylic acids is 1. The van der Waals surface area contributed by atoms with E-state index in [4.69, 9.17) is 9.47 Å². The van der Waals surface area contributed by atoms with E-state index >= 15 is 0 Å². The van der Waals surface area contributed by atoms with E-state index in [0.717, 1.165) is 37.1 Å². The van der Waals surface area contributed by atoms with Crippen molar-refractivity contribution in [2.75, 3.05) is 59.0 Å². The Balaban J connectivity index is 1.25. The van der Waals surface area contributed by atoms with Gasteiger partial charge in [-0.2, -0.15) is 4.31 Å². The maximum atomic E-state index is 13.0. The fourth-order valence-electron chi connectivity index (χ4n) is 4.52. The molecule has 1 aromatic carbocycles. The van der Waals surface area contributed by atoms with Gasteiger partial charge in [-0.1, -0.05) is 6.07 Å². The first-order valence-electron chi connectivity index (χ1n) is 11.2. The van der Waals surface area contributed by atoms with E-state index in [9.17, 15) is 13.2 Å². The molecule has 3 aliphatic rings. The molecule has 172 valence electrons. The Morgan fingerprint density at radius 1 is 0.968 bits per heavy atom. The zero-order valence-corrected chi connectivity index (χ0v) is 19.3. The van der Waals surface area contributed by atoms with Crippen LogP contribution in [0.25, 0.3) is 0 Å². The number of hydrogen-bond acceptors (Lipinski definition) is 6. The lowest BCUT2D eigenvalue weighted by atomic mass is 9.96. The zero-order chi connectivity index (χ0) is 22.0. The fraction of sp³-hybridized carbons (Fsp3) is 0.682. The van der Waals surface area contributed by atoms with Crippen LogP contribution in [0.1, 0.15) is 24.0 Å². The topological polar surface area (TPSA) is 79.4 Å². The Morgan fingerprint density at radius 3 is 2.23 bits per heavy atom. The number of sulfonamides is 1. The second-order valence-corrected chi connectivity index (χ2v) is 10.7. The molecule has 0 N–H and O–H groups in total. The third-order valence-electron chi connectivity index (χ3n) is 6.73. The van der Waals surface area contributed by atoms with Gasteiger partial charge in [-0.15, -0.1) is 0 Å². The van der Waals surface area contributed by atoms with Crippen LogP contribution >= 0.6 is 0 Å². The highest BCUT2D eigenvalue weighted by Crippen LogP contribution is 2.26. The SMILES string of the molecule is Cc1ccc(S(=O)(=O)N2CCN(C(=O)CN3CCC(C4OCCO4)CC3)CC2)cc1C. The van der Waals surface area contributed by atoms with Crippen molar-refractivity contribution in [3.63, 3.8) is 0 Å². The molecular weight excluding hydrogens is 418 g/mol. The van der Waals surface area contributed by atoms with E-state index in [1.54, 1.807) is 17.0 Å². The van der Waals surface area contributed by atoms with Gasteiger partial charge in [0.2, 0.25) is 15.9 Å². The molecule has 3 heterocycles. The van der Waals surface area contributed by atoms with Gasteiger partial charge in [-0.3, -0.25) is 9.69 Å². The monoisotopic (exact) mass is 451 g/mol. The molecule has 0 spiro atoms. The van der Waals surface area contributed by atoms with E-state index in [0.29, 0.717) is 56.8 Å². The number of likely N-dealkylation sites (tertiary alicyclic amines) is 1. The summed E-state index contributed by atoms with van der Waals surface area (Å²) < 4.78 is 38.7. The standard InChI is InChI=1S/C22H33N3O5S/c1-17-3-4-20(15-18(17)2)31(27,28)25-11-9-24(10-12-25)21(26)16-23-7-5-19(6-8-23)22-29-13-14-30-22/h3-4,15,19,22H,5-14,16H2,1-2H3. The molecule has 1 amide bonds. The predicted molar refractivity (Wildman–Crippen MR) is 116 cm³/mol. The van der Waals surface area contributed by atoms with Gasteiger partial charge in [0.25, 0.3) is 0 Å². The van der Waals surface area contributed by atoms with Crippen LogP contribution in [0, 0.1) is 19.8 Å². The number of carbonyl (C=O) groups is 1. The number of piperidine rings is 1. The van der Waals surface area contributed by atoms with Crippen LogP contribution in [0.2, 0.25) is 0 Å². The van der Waals surface area contributed by atoms with E-state index in [1.807, 2.05) is 19.9 Å². The Morgan fingerprint density at radius 2 is 1.61 bits per heavy atom. The number of piperazine rings is 1. The Hall–Kier alpha value is -1.52. The largest absolute Gasteiger partial charge is 0.350 e. The van der Waals surface area contributed by atoms with Crippen LogP contribution < -0.4 is 0 Å². The van der Waals surface area contributed by atoms with E-state index in [2.05, 4.69) is 4.90 Å². The van der Waals surface area contributed by atoms with Gasteiger partial charge < -0.3 is 14.4 Å². The van der Waals surface area contributed by atoms with Crippen LogP contribution in [0.3, 0.4) is 0 Å². The smallest absolute Gasteiger partial charge is 0.243 e. The molecule has 0 radical (unpaired) electrons. The lowest BCUT2D eigenvalue weighted by Gasteiger charge is -2.37. The summed E-state index contributed by atoms with van der Waals surface area (Å²) in [5.74, 6) is 0.489. The summed E-state index contributed by atoms with van der Waals surface area (Å²) in [6.07, 6.45) is 1.87. The molecule has 9 heteroatoms. The summed E-state index contributed by atoms with van der Waals surface area (Å²) >= 11 is 0. The molecular formula is C22H33N3O5S. The molecule has 0 atom stereocenters. The van der Waals surface area contributed by atoms with E-state index in [-0.39, 0.29) is 12.2 Å². The lowest BCUT2D eigenvalue weighted by Crippen LogP contribution is -2.53. The van der Waals surface area contributed by atoms with Crippen molar-refractivity contribution in [2.24, 2.45) is 5.92 Å². The third kappa shape index (κ3) is 5.12. The molecule has 8 nitrogen and oxygen atoms in total. The summed E-state index contributed by atoms with van der Waals surface area (Å²) in [6, 6.07) is 5.24. The fourth-order valence-corrected chi connectivity index (χ4v) is 6.03. The highest BCUT2D eigenvalue weighted by atomic mass is 32.2. The van der Waals surface area contributed by atoms with Crippen molar-refractivity contribution in [1.82, 2.24) is 14.1 Å². The molecule has 0 saturated carbocycles. The van der Waals surface area contributed by atoms with Crippen molar-refractivity contribution < 1.29 is 22.7 Å².